The van der Waals surface area contributed by atoms with Crippen LogP contribution in [0, 0.1) is 6.92 Å². The lowest BCUT2D eigenvalue weighted by molar-refractivity contribution is -0.102. The van der Waals surface area contributed by atoms with E-state index < -0.39 is 0 Å². The van der Waals surface area contributed by atoms with E-state index >= 15 is 0 Å². The Labute approximate surface area is 217 Å². The summed E-state index contributed by atoms with van der Waals surface area (Å²) in [5, 5.41) is 9.32. The molecule has 1 aliphatic rings. The quantitative estimate of drug-likeness (QED) is 0.182. The zero-order valence-electron chi connectivity index (χ0n) is 21.1. The minimum Gasteiger partial charge on any atom is -0.333 e. The van der Waals surface area contributed by atoms with Crippen LogP contribution in [0.1, 0.15) is 40.4 Å². The lowest BCUT2D eigenvalue weighted by atomic mass is 9.89. The van der Waals surface area contributed by atoms with Gasteiger partial charge in [0, 0.05) is 21.7 Å². The number of hydrazone groups is 1. The number of nitrogens with two attached hydrogens (primary N) is 1. The minimum atomic E-state index is -0.148. The van der Waals surface area contributed by atoms with Gasteiger partial charge in [-0.25, -0.2) is 5.01 Å². The zero-order valence-corrected chi connectivity index (χ0v) is 21.9. The van der Waals surface area contributed by atoms with Crippen LogP contribution in [-0.4, -0.2) is 31.7 Å². The summed E-state index contributed by atoms with van der Waals surface area (Å²) in [6.45, 7) is 4.06. The van der Waals surface area contributed by atoms with Gasteiger partial charge in [-0.2, -0.15) is 5.10 Å². The second kappa shape index (κ2) is 12.9. The molecule has 6 nitrogen and oxygen atoms in total. The Hall–Kier alpha value is -3.68. The van der Waals surface area contributed by atoms with Crippen molar-refractivity contribution in [2.45, 2.75) is 31.6 Å². The number of thioether (sulfide) groups is 1. The Bertz CT molecular complexity index is 1280. The third kappa shape index (κ3) is 6.30. The van der Waals surface area contributed by atoms with Crippen molar-refractivity contribution in [1.82, 2.24) is 0 Å². The summed E-state index contributed by atoms with van der Waals surface area (Å²) in [6, 6.07) is 21.6. The molecule has 3 N–H and O–H groups in total. The van der Waals surface area contributed by atoms with Gasteiger partial charge in [-0.3, -0.25) is 9.59 Å². The third-order valence-corrected chi connectivity index (χ3v) is 6.59. The van der Waals surface area contributed by atoms with Crippen LogP contribution >= 0.6 is 11.8 Å². The number of nitrogens with one attached hydrogen (secondary N) is 1. The van der Waals surface area contributed by atoms with Gasteiger partial charge in [0.25, 0.3) is 5.91 Å². The minimum absolute atomic E-state index is 0.148. The van der Waals surface area contributed by atoms with Crippen LogP contribution in [0.3, 0.4) is 0 Å². The molecule has 3 aromatic rings. The summed E-state index contributed by atoms with van der Waals surface area (Å²) in [7, 11) is 1.50. The number of anilines is 2. The van der Waals surface area contributed by atoms with E-state index in [1.165, 1.54) is 24.4 Å². The van der Waals surface area contributed by atoms with E-state index in [-0.39, 0.29) is 5.91 Å². The molecule has 0 atom stereocenters. The van der Waals surface area contributed by atoms with Gasteiger partial charge in [-0.15, -0.1) is 11.8 Å². The van der Waals surface area contributed by atoms with E-state index in [0.29, 0.717) is 11.8 Å². The van der Waals surface area contributed by atoms with Crippen molar-refractivity contribution in [2.75, 3.05) is 23.6 Å². The molecule has 0 saturated carbocycles. The Balaban J connectivity index is 0.00000176. The first-order valence-electron chi connectivity index (χ1n) is 11.7. The monoisotopic (exact) mass is 500 g/mol. The molecule has 0 unspecified atom stereocenters. The van der Waals surface area contributed by atoms with E-state index in [2.05, 4.69) is 29.1 Å². The van der Waals surface area contributed by atoms with Crippen molar-refractivity contribution < 1.29 is 9.59 Å². The lowest BCUT2D eigenvalue weighted by Gasteiger charge is -2.30. The largest absolute Gasteiger partial charge is 0.333 e. The number of hydrogen-bond acceptors (Lipinski definition) is 6. The number of fused-ring (bicyclic) bond motifs is 1. The van der Waals surface area contributed by atoms with Gasteiger partial charge in [0.1, 0.15) is 0 Å². The molecule has 0 fully saturated rings. The fourth-order valence-corrected chi connectivity index (χ4v) is 4.53. The average molecular weight is 501 g/mol. The van der Waals surface area contributed by atoms with Crippen LogP contribution in [0.5, 0.6) is 0 Å². The number of amides is 1. The highest BCUT2D eigenvalue weighted by Crippen LogP contribution is 2.38. The van der Waals surface area contributed by atoms with Gasteiger partial charge >= 0.3 is 0 Å². The Morgan fingerprint density at radius 3 is 2.44 bits per heavy atom. The summed E-state index contributed by atoms with van der Waals surface area (Å²) >= 11 is 1.67. The molecule has 0 aliphatic heterocycles. The Kier molecular flexibility index (Phi) is 9.61. The SMILES string of the molecule is CN.CSc1ccc(N(/N=C/C=O)C2=C(C)CCc3ccc(NC(=O)c4cccc(C)c4)cc32)cc1. The van der Waals surface area contributed by atoms with Crippen LogP contribution in [0.4, 0.5) is 11.4 Å². The first kappa shape index (κ1) is 26.9. The molecule has 0 spiro atoms. The van der Waals surface area contributed by atoms with Gasteiger partial charge in [0.2, 0.25) is 0 Å². The summed E-state index contributed by atoms with van der Waals surface area (Å²) < 4.78 is 0. The number of aryl methyl sites for hydroxylation is 2. The molecular formula is C29H32N4O2S. The van der Waals surface area contributed by atoms with Crippen molar-refractivity contribution >= 4 is 47.2 Å². The fraction of sp³-hybridized carbons (Fsp3) is 0.207. The molecule has 7 heteroatoms. The Morgan fingerprint density at radius 1 is 1.03 bits per heavy atom. The predicted octanol–water partition coefficient (Wildman–Crippen LogP) is 5.91. The van der Waals surface area contributed by atoms with Gasteiger partial charge < -0.3 is 11.1 Å². The molecule has 3 aromatic carbocycles. The molecule has 0 radical (unpaired) electrons. The van der Waals surface area contributed by atoms with Gasteiger partial charge in [-0.1, -0.05) is 23.8 Å². The first-order chi connectivity index (χ1) is 17.5. The summed E-state index contributed by atoms with van der Waals surface area (Å²) in [5.41, 5.74) is 12.0. The standard InChI is InChI=1S/C28H27N3O2S.CH5N/c1-19-5-4-6-22(17-19)28(33)30-23-10-9-21-8-7-20(2)27(26(21)18-23)31(29-15-16-32)24-11-13-25(34-3)14-12-24;1-2/h4-6,9-18H,7-8H2,1-3H3,(H,30,33);2H2,1H3/b29-15+;. The number of hydrogen-bond donors (Lipinski definition) is 2. The molecule has 0 aromatic heterocycles. The summed E-state index contributed by atoms with van der Waals surface area (Å²) in [6.07, 6.45) is 5.79. The van der Waals surface area contributed by atoms with Crippen molar-refractivity contribution in [3.63, 3.8) is 0 Å². The van der Waals surface area contributed by atoms with E-state index in [1.807, 2.05) is 78.9 Å². The second-order valence-electron chi connectivity index (χ2n) is 8.23. The second-order valence-corrected chi connectivity index (χ2v) is 9.11. The van der Waals surface area contributed by atoms with E-state index in [1.54, 1.807) is 11.8 Å². The highest BCUT2D eigenvalue weighted by molar-refractivity contribution is 7.98. The van der Waals surface area contributed by atoms with Crippen LogP contribution < -0.4 is 16.1 Å². The lowest BCUT2D eigenvalue weighted by Crippen LogP contribution is -2.21. The third-order valence-electron chi connectivity index (χ3n) is 5.85. The van der Waals surface area contributed by atoms with Crippen molar-refractivity contribution in [3.05, 3.63) is 94.6 Å². The predicted molar refractivity (Wildman–Crippen MR) is 152 cm³/mol. The van der Waals surface area contributed by atoms with Gasteiger partial charge in [0.05, 0.1) is 17.6 Å². The molecule has 0 heterocycles. The number of carbonyl (C=O) groups excluding carboxylic acids is 2. The number of aldehydes is 1. The van der Waals surface area contributed by atoms with Crippen LogP contribution in [0.15, 0.2) is 82.3 Å². The van der Waals surface area contributed by atoms with E-state index in [9.17, 15) is 9.59 Å². The molecule has 186 valence electrons. The molecule has 1 amide bonds. The van der Waals surface area contributed by atoms with E-state index in [0.717, 1.165) is 45.9 Å². The average Bonchev–Trinajstić information content (AvgIpc) is 2.91. The van der Waals surface area contributed by atoms with Gasteiger partial charge in [-0.05, 0) is 99.7 Å². The van der Waals surface area contributed by atoms with Gasteiger partial charge in [0.15, 0.2) is 6.29 Å². The fourth-order valence-electron chi connectivity index (χ4n) is 4.12. The number of allylic oxidation sites excluding steroid dienone is 1. The van der Waals surface area contributed by atoms with Crippen molar-refractivity contribution in [1.29, 1.82) is 0 Å². The topological polar surface area (TPSA) is 87.8 Å². The maximum absolute atomic E-state index is 12.8. The summed E-state index contributed by atoms with van der Waals surface area (Å²) in [5.74, 6) is -0.148. The highest BCUT2D eigenvalue weighted by Gasteiger charge is 2.24. The molecular weight excluding hydrogens is 468 g/mol. The maximum atomic E-state index is 12.8. The number of carbonyl (C=O) groups is 2. The number of benzene rings is 3. The molecule has 36 heavy (non-hydrogen) atoms. The first-order valence-corrected chi connectivity index (χ1v) is 12.9. The maximum Gasteiger partial charge on any atom is 0.255 e. The smallest absolute Gasteiger partial charge is 0.255 e. The molecule has 4 rings (SSSR count). The molecule has 1 aliphatic carbocycles. The van der Waals surface area contributed by atoms with Crippen LogP contribution in [0.2, 0.25) is 0 Å². The highest BCUT2D eigenvalue weighted by atomic mass is 32.2. The number of rotatable bonds is 7. The zero-order chi connectivity index (χ0) is 26.1. The van der Waals surface area contributed by atoms with E-state index in [4.69, 9.17) is 0 Å². The number of nitrogens with zero attached hydrogens (tertiary/aromatic N) is 2. The van der Waals surface area contributed by atoms with Crippen LogP contribution in [0.25, 0.3) is 5.70 Å². The van der Waals surface area contributed by atoms with Crippen molar-refractivity contribution in [2.24, 2.45) is 10.8 Å². The van der Waals surface area contributed by atoms with Crippen LogP contribution in [-0.2, 0) is 11.2 Å². The normalized spacial score (nSPS) is 12.5. The molecule has 0 bridgehead atoms. The Morgan fingerprint density at radius 2 is 1.78 bits per heavy atom. The molecule has 0 saturated heterocycles. The summed E-state index contributed by atoms with van der Waals surface area (Å²) in [4.78, 5) is 25.1. The van der Waals surface area contributed by atoms with Crippen molar-refractivity contribution in [3.8, 4) is 0 Å².